The van der Waals surface area contributed by atoms with Crippen molar-refractivity contribution in [3.8, 4) is 11.9 Å². The summed E-state index contributed by atoms with van der Waals surface area (Å²) in [6.45, 7) is 0.730. The van der Waals surface area contributed by atoms with Crippen LogP contribution < -0.4 is 4.74 Å². The molecule has 1 aromatic heterocycles. The summed E-state index contributed by atoms with van der Waals surface area (Å²) in [6.07, 6.45) is 5.23. The van der Waals surface area contributed by atoms with Gasteiger partial charge in [-0.05, 0) is 66.3 Å². The maximum atomic E-state index is 13.0. The third-order valence-corrected chi connectivity index (χ3v) is 8.31. The van der Waals surface area contributed by atoms with Gasteiger partial charge in [0, 0.05) is 19.6 Å². The lowest BCUT2D eigenvalue weighted by Crippen LogP contribution is -2.31. The third kappa shape index (κ3) is 3.51. The van der Waals surface area contributed by atoms with E-state index >= 15 is 0 Å². The fourth-order valence-electron chi connectivity index (χ4n) is 5.29. The van der Waals surface area contributed by atoms with Gasteiger partial charge in [0.1, 0.15) is 18.5 Å². The van der Waals surface area contributed by atoms with Gasteiger partial charge in [0.2, 0.25) is 15.7 Å². The van der Waals surface area contributed by atoms with Crippen molar-refractivity contribution in [3.05, 3.63) is 39.4 Å². The first-order valence-corrected chi connectivity index (χ1v) is 12.6. The summed E-state index contributed by atoms with van der Waals surface area (Å²) >= 11 is 0. The maximum absolute atomic E-state index is 13.0. The molecule has 0 saturated heterocycles. The minimum Gasteiger partial charge on any atom is -0.475 e. The number of hydrogen-bond donors (Lipinski definition) is 0. The molecule has 5 rings (SSSR count). The van der Waals surface area contributed by atoms with Crippen molar-refractivity contribution in [2.24, 2.45) is 0 Å². The fourth-order valence-corrected chi connectivity index (χ4v) is 6.47. The van der Waals surface area contributed by atoms with Gasteiger partial charge in [-0.1, -0.05) is 0 Å². The number of methoxy groups -OCH3 is 1. The summed E-state index contributed by atoms with van der Waals surface area (Å²) < 4.78 is 38.1. The van der Waals surface area contributed by atoms with E-state index in [0.29, 0.717) is 19.0 Å². The van der Waals surface area contributed by atoms with E-state index in [4.69, 9.17) is 9.47 Å². The van der Waals surface area contributed by atoms with Crippen LogP contribution in [-0.4, -0.2) is 49.6 Å². The molecule has 1 aromatic carbocycles. The molecule has 1 unspecified atom stereocenters. The molecule has 0 bridgehead atoms. The van der Waals surface area contributed by atoms with Crippen LogP contribution in [0.15, 0.2) is 11.1 Å². The molecule has 1 atom stereocenters. The highest BCUT2D eigenvalue weighted by molar-refractivity contribution is 7.92. The topological polar surface area (TPSA) is 111 Å². The number of Topliss-reactive ketones (excluding diaryl/α,β-unsaturated/α-hetero) is 1. The van der Waals surface area contributed by atoms with E-state index in [0.717, 1.165) is 71.9 Å². The molecular weight excluding hydrogens is 430 g/mol. The number of aromatic nitrogens is 2. The lowest BCUT2D eigenvalue weighted by Gasteiger charge is -2.22. The molecule has 0 fully saturated rings. The Kier molecular flexibility index (Phi) is 5.30. The van der Waals surface area contributed by atoms with Crippen molar-refractivity contribution in [3.63, 3.8) is 0 Å². The van der Waals surface area contributed by atoms with Crippen LogP contribution in [0.25, 0.3) is 0 Å². The van der Waals surface area contributed by atoms with Gasteiger partial charge in [-0.25, -0.2) is 13.1 Å². The third-order valence-electron chi connectivity index (χ3n) is 6.77. The van der Waals surface area contributed by atoms with Crippen LogP contribution >= 0.6 is 0 Å². The highest BCUT2D eigenvalue weighted by Gasteiger charge is 2.32. The molecule has 0 amide bonds. The van der Waals surface area contributed by atoms with Gasteiger partial charge in [-0.2, -0.15) is 10.4 Å². The van der Waals surface area contributed by atoms with Crippen molar-refractivity contribution in [2.45, 2.75) is 62.6 Å². The van der Waals surface area contributed by atoms with Crippen molar-refractivity contribution >= 4 is 15.6 Å². The summed E-state index contributed by atoms with van der Waals surface area (Å²) in [4.78, 5) is 13.0. The maximum Gasteiger partial charge on any atom is 0.213 e. The second-order valence-electron chi connectivity index (χ2n) is 8.73. The van der Waals surface area contributed by atoms with Crippen molar-refractivity contribution in [1.82, 2.24) is 9.78 Å². The monoisotopic (exact) mass is 455 g/mol. The molecule has 168 valence electrons. The van der Waals surface area contributed by atoms with E-state index < -0.39 is 15.6 Å². The lowest BCUT2D eigenvalue weighted by molar-refractivity contribution is -0.116. The van der Waals surface area contributed by atoms with Crippen LogP contribution in [-0.2, 0) is 58.0 Å². The highest BCUT2D eigenvalue weighted by Crippen LogP contribution is 2.38. The predicted octanol–water partition coefficient (Wildman–Crippen LogP) is 1.73. The standard InChI is InChI=1S/C23H25N3O5S/c1-30-15-11-26-23(31-12-15)9-22(25-26)32(28,29)13-14(27)8-20-16-4-2-6-18(16)21(10-24)19-7-3-5-17(19)20/h9,15H,2-8,11-13H2,1H3. The Labute approximate surface area is 187 Å². The first kappa shape index (κ1) is 21.2. The Bertz CT molecular complexity index is 1220. The summed E-state index contributed by atoms with van der Waals surface area (Å²) in [5.74, 6) is -0.577. The van der Waals surface area contributed by atoms with E-state index in [1.165, 1.54) is 10.7 Å². The molecule has 9 heteroatoms. The number of fused-ring (bicyclic) bond motifs is 3. The van der Waals surface area contributed by atoms with E-state index in [1.807, 2.05) is 0 Å². The summed E-state index contributed by atoms with van der Waals surface area (Å²) in [5.41, 5.74) is 6.12. The number of carbonyl (C=O) groups is 1. The number of carbonyl (C=O) groups excluding carboxylic acids is 1. The van der Waals surface area contributed by atoms with Gasteiger partial charge in [0.25, 0.3) is 0 Å². The normalized spacial score (nSPS) is 19.1. The number of nitrogens with zero attached hydrogens (tertiary/aromatic N) is 3. The molecule has 32 heavy (non-hydrogen) atoms. The molecule has 0 saturated carbocycles. The molecule has 2 heterocycles. The summed E-state index contributed by atoms with van der Waals surface area (Å²) in [7, 11) is -2.33. The molecule has 0 radical (unpaired) electrons. The van der Waals surface area contributed by atoms with Gasteiger partial charge in [-0.3, -0.25) is 4.79 Å². The Balaban J connectivity index is 1.40. The number of benzene rings is 1. The van der Waals surface area contributed by atoms with Crippen LogP contribution in [0, 0.1) is 11.3 Å². The van der Waals surface area contributed by atoms with Gasteiger partial charge < -0.3 is 9.47 Å². The van der Waals surface area contributed by atoms with Gasteiger partial charge >= 0.3 is 0 Å². The Hall–Kier alpha value is -2.70. The van der Waals surface area contributed by atoms with Gasteiger partial charge in [0.15, 0.2) is 10.8 Å². The summed E-state index contributed by atoms with van der Waals surface area (Å²) in [6, 6.07) is 3.77. The first-order chi connectivity index (χ1) is 15.4. The van der Waals surface area contributed by atoms with Crippen molar-refractivity contribution < 1.29 is 22.7 Å². The fraction of sp³-hybridized carbons (Fsp3) is 0.522. The zero-order valence-corrected chi connectivity index (χ0v) is 18.8. The van der Waals surface area contributed by atoms with Crippen LogP contribution in [0.4, 0.5) is 0 Å². The van der Waals surface area contributed by atoms with E-state index in [-0.39, 0.29) is 23.3 Å². The van der Waals surface area contributed by atoms with Crippen LogP contribution in [0.1, 0.15) is 46.2 Å². The molecule has 1 aliphatic heterocycles. The summed E-state index contributed by atoms with van der Waals surface area (Å²) in [5, 5.41) is 13.7. The predicted molar refractivity (Wildman–Crippen MR) is 114 cm³/mol. The van der Waals surface area contributed by atoms with E-state index in [9.17, 15) is 18.5 Å². The average Bonchev–Trinajstić information content (AvgIpc) is 3.51. The molecule has 8 nitrogen and oxygen atoms in total. The number of ether oxygens (including phenoxy) is 2. The molecule has 2 aliphatic carbocycles. The van der Waals surface area contributed by atoms with Gasteiger partial charge in [0.05, 0.1) is 18.2 Å². The Morgan fingerprint density at radius 1 is 1.22 bits per heavy atom. The highest BCUT2D eigenvalue weighted by atomic mass is 32.2. The smallest absolute Gasteiger partial charge is 0.213 e. The molecule has 2 aromatic rings. The van der Waals surface area contributed by atoms with Crippen LogP contribution in [0.2, 0.25) is 0 Å². The minimum atomic E-state index is -3.89. The van der Waals surface area contributed by atoms with Crippen LogP contribution in [0.5, 0.6) is 5.88 Å². The Morgan fingerprint density at radius 2 is 1.88 bits per heavy atom. The molecular formula is C23H25N3O5S. The quantitative estimate of drug-likeness (QED) is 0.652. The second-order valence-corrected chi connectivity index (χ2v) is 10.7. The van der Waals surface area contributed by atoms with E-state index in [1.54, 1.807) is 7.11 Å². The lowest BCUT2D eigenvalue weighted by atomic mass is 9.87. The second kappa shape index (κ2) is 8.01. The zero-order chi connectivity index (χ0) is 22.5. The van der Waals surface area contributed by atoms with E-state index in [2.05, 4.69) is 11.2 Å². The minimum absolute atomic E-state index is 0.0887. The zero-order valence-electron chi connectivity index (χ0n) is 18.0. The number of nitriles is 1. The number of ketones is 1. The van der Waals surface area contributed by atoms with Crippen molar-refractivity contribution in [1.29, 1.82) is 5.26 Å². The largest absolute Gasteiger partial charge is 0.475 e. The SMILES string of the molecule is COC1COc2cc(S(=O)(=O)CC(=O)Cc3c4c(c(C#N)c5c3CCC5)CCC4)nn2C1. The van der Waals surface area contributed by atoms with Crippen LogP contribution in [0.3, 0.4) is 0 Å². The number of hydrogen-bond acceptors (Lipinski definition) is 7. The number of rotatable bonds is 6. The molecule has 3 aliphatic rings. The first-order valence-electron chi connectivity index (χ1n) is 11.0. The van der Waals surface area contributed by atoms with Crippen molar-refractivity contribution in [2.75, 3.05) is 19.5 Å². The molecule has 0 spiro atoms. The van der Waals surface area contributed by atoms with Gasteiger partial charge in [-0.15, -0.1) is 0 Å². The Morgan fingerprint density at radius 3 is 2.50 bits per heavy atom. The molecule has 0 N–H and O–H groups in total. The number of sulfone groups is 1. The average molecular weight is 456 g/mol.